The van der Waals surface area contributed by atoms with Gasteiger partial charge in [0.2, 0.25) is 0 Å². The largest absolute Gasteiger partial charge is 0.326 e. The van der Waals surface area contributed by atoms with Crippen LogP contribution in [0.4, 0.5) is 0 Å². The molecule has 0 bridgehead atoms. The van der Waals surface area contributed by atoms with Crippen molar-refractivity contribution in [3.05, 3.63) is 35.4 Å². The molecule has 1 saturated carbocycles. The molecule has 0 aromatic heterocycles. The summed E-state index contributed by atoms with van der Waals surface area (Å²) in [7, 11) is 0. The van der Waals surface area contributed by atoms with Crippen molar-refractivity contribution in [2.24, 2.45) is 11.7 Å². The molecular weight excluding hydrogens is 170 g/mol. The second-order valence-electron chi connectivity index (χ2n) is 4.72. The van der Waals surface area contributed by atoms with Crippen molar-refractivity contribution in [3.63, 3.8) is 0 Å². The van der Waals surface area contributed by atoms with E-state index in [-0.39, 0.29) is 0 Å². The number of hydrogen-bond donors (Lipinski definition) is 1. The third-order valence-corrected chi connectivity index (χ3v) is 3.63. The van der Waals surface area contributed by atoms with Gasteiger partial charge >= 0.3 is 0 Å². The first-order valence-corrected chi connectivity index (χ1v) is 5.48. The van der Waals surface area contributed by atoms with Gasteiger partial charge in [-0.25, -0.2) is 0 Å². The van der Waals surface area contributed by atoms with E-state index >= 15 is 0 Å². The highest BCUT2D eigenvalue weighted by Crippen LogP contribution is 2.53. The Morgan fingerprint density at radius 3 is 2.57 bits per heavy atom. The number of benzene rings is 1. The van der Waals surface area contributed by atoms with E-state index in [1.54, 1.807) is 0 Å². The van der Waals surface area contributed by atoms with Gasteiger partial charge in [0, 0.05) is 6.54 Å². The average molecular weight is 189 g/mol. The van der Waals surface area contributed by atoms with Crippen molar-refractivity contribution in [3.8, 4) is 0 Å². The summed E-state index contributed by atoms with van der Waals surface area (Å²) in [5.74, 6) is 0.746. The Morgan fingerprint density at radius 1 is 1.36 bits per heavy atom. The summed E-state index contributed by atoms with van der Waals surface area (Å²) < 4.78 is 0. The van der Waals surface area contributed by atoms with E-state index in [0.29, 0.717) is 12.0 Å². The van der Waals surface area contributed by atoms with Crippen LogP contribution in [0.1, 0.15) is 37.8 Å². The molecule has 0 heterocycles. The molecule has 0 atom stereocenters. The highest BCUT2D eigenvalue weighted by atomic mass is 14.5. The van der Waals surface area contributed by atoms with Crippen LogP contribution in [0.2, 0.25) is 0 Å². The second-order valence-corrected chi connectivity index (χ2v) is 4.72. The van der Waals surface area contributed by atoms with Crippen LogP contribution in [-0.2, 0) is 12.0 Å². The van der Waals surface area contributed by atoms with Crippen LogP contribution < -0.4 is 5.73 Å². The predicted octanol–water partition coefficient (Wildman–Crippen LogP) is 2.83. The van der Waals surface area contributed by atoms with Gasteiger partial charge in [-0.1, -0.05) is 38.1 Å². The van der Waals surface area contributed by atoms with Gasteiger partial charge in [0.15, 0.2) is 0 Å². The van der Waals surface area contributed by atoms with Crippen molar-refractivity contribution >= 4 is 0 Å². The Labute approximate surface area is 86.3 Å². The van der Waals surface area contributed by atoms with Gasteiger partial charge in [0.05, 0.1) is 0 Å². The maximum absolute atomic E-state index is 5.66. The molecule has 76 valence electrons. The topological polar surface area (TPSA) is 26.0 Å². The maximum Gasteiger partial charge on any atom is 0.0178 e. The molecule has 0 unspecified atom stereocenters. The second kappa shape index (κ2) is 3.39. The van der Waals surface area contributed by atoms with Gasteiger partial charge in [0.25, 0.3) is 0 Å². The smallest absolute Gasteiger partial charge is 0.0178 e. The van der Waals surface area contributed by atoms with Gasteiger partial charge < -0.3 is 5.73 Å². The van der Waals surface area contributed by atoms with Gasteiger partial charge in [-0.2, -0.15) is 0 Å². The van der Waals surface area contributed by atoms with Crippen LogP contribution >= 0.6 is 0 Å². The van der Waals surface area contributed by atoms with Gasteiger partial charge in [0.1, 0.15) is 0 Å². The molecule has 1 aromatic rings. The molecule has 0 spiro atoms. The average Bonchev–Trinajstić information content (AvgIpc) is 2.98. The van der Waals surface area contributed by atoms with Gasteiger partial charge in [-0.05, 0) is 35.3 Å². The van der Waals surface area contributed by atoms with Crippen molar-refractivity contribution in [1.29, 1.82) is 0 Å². The number of hydrogen-bond acceptors (Lipinski definition) is 1. The van der Waals surface area contributed by atoms with Crippen molar-refractivity contribution in [2.45, 2.75) is 38.6 Å². The van der Waals surface area contributed by atoms with E-state index < -0.39 is 0 Å². The zero-order chi connectivity index (χ0) is 10.2. The first kappa shape index (κ1) is 9.72. The van der Waals surface area contributed by atoms with Crippen LogP contribution in [0.5, 0.6) is 0 Å². The van der Waals surface area contributed by atoms with Crippen molar-refractivity contribution in [2.75, 3.05) is 0 Å². The zero-order valence-electron chi connectivity index (χ0n) is 9.09. The van der Waals surface area contributed by atoms with Gasteiger partial charge in [-0.3, -0.25) is 0 Å². The summed E-state index contributed by atoms with van der Waals surface area (Å²) in [5, 5.41) is 0. The Balaban J connectivity index is 2.32. The van der Waals surface area contributed by atoms with Crippen molar-refractivity contribution < 1.29 is 0 Å². The lowest BCUT2D eigenvalue weighted by molar-refractivity contribution is 0.481. The van der Waals surface area contributed by atoms with Crippen LogP contribution in [0.3, 0.4) is 0 Å². The Hall–Kier alpha value is -0.820. The minimum Gasteiger partial charge on any atom is -0.326 e. The molecule has 2 rings (SSSR count). The molecule has 0 radical (unpaired) electrons. The summed E-state index contributed by atoms with van der Waals surface area (Å²) in [6.07, 6.45) is 2.69. The molecule has 1 nitrogen and oxygen atoms in total. The summed E-state index contributed by atoms with van der Waals surface area (Å²) in [6.45, 7) is 5.30. The molecule has 2 N–H and O–H groups in total. The van der Waals surface area contributed by atoms with Crippen LogP contribution in [0.25, 0.3) is 0 Å². The minimum atomic E-state index is 0.477. The van der Waals surface area contributed by atoms with E-state index in [0.717, 1.165) is 5.92 Å². The zero-order valence-corrected chi connectivity index (χ0v) is 9.09. The monoisotopic (exact) mass is 189 g/mol. The molecule has 1 heteroatoms. The van der Waals surface area contributed by atoms with E-state index in [9.17, 15) is 0 Å². The maximum atomic E-state index is 5.66. The molecule has 0 amide bonds. The molecule has 1 aliphatic carbocycles. The molecule has 0 saturated heterocycles. The molecule has 1 aromatic carbocycles. The lowest BCUT2D eigenvalue weighted by atomic mass is 9.84. The Kier molecular flexibility index (Phi) is 2.36. The molecular formula is C13H19N. The first-order valence-electron chi connectivity index (χ1n) is 5.48. The highest BCUT2D eigenvalue weighted by Gasteiger charge is 2.46. The summed E-state index contributed by atoms with van der Waals surface area (Å²) in [5.41, 5.74) is 8.89. The van der Waals surface area contributed by atoms with Crippen LogP contribution in [0, 0.1) is 5.92 Å². The summed E-state index contributed by atoms with van der Waals surface area (Å²) >= 11 is 0. The normalized spacial score (nSPS) is 18.6. The Morgan fingerprint density at radius 2 is 2.07 bits per heavy atom. The molecule has 14 heavy (non-hydrogen) atoms. The van der Waals surface area contributed by atoms with Gasteiger partial charge in [-0.15, -0.1) is 0 Å². The fraction of sp³-hybridized carbons (Fsp3) is 0.538. The van der Waals surface area contributed by atoms with Crippen LogP contribution in [-0.4, -0.2) is 0 Å². The quantitative estimate of drug-likeness (QED) is 0.777. The number of nitrogens with two attached hydrogens (primary N) is 1. The fourth-order valence-corrected chi connectivity index (χ4v) is 2.34. The minimum absolute atomic E-state index is 0.477. The Bertz CT molecular complexity index is 324. The van der Waals surface area contributed by atoms with E-state index in [2.05, 4.69) is 38.1 Å². The molecule has 1 aliphatic rings. The SMILES string of the molecule is CC(C)C1(c2cccc(CN)c2)CC1. The fourth-order valence-electron chi connectivity index (χ4n) is 2.34. The summed E-state index contributed by atoms with van der Waals surface area (Å²) in [6, 6.07) is 8.79. The lowest BCUT2D eigenvalue weighted by Crippen LogP contribution is -2.15. The van der Waals surface area contributed by atoms with E-state index in [4.69, 9.17) is 5.73 Å². The number of rotatable bonds is 3. The predicted molar refractivity (Wildman–Crippen MR) is 60.1 cm³/mol. The van der Waals surface area contributed by atoms with Crippen LogP contribution in [0.15, 0.2) is 24.3 Å². The first-order chi connectivity index (χ1) is 6.69. The standard InChI is InChI=1S/C13H19N/c1-10(2)13(6-7-13)12-5-3-4-11(8-12)9-14/h3-5,8,10H,6-7,9,14H2,1-2H3. The van der Waals surface area contributed by atoms with E-state index in [1.807, 2.05) is 0 Å². The third kappa shape index (κ3) is 1.46. The van der Waals surface area contributed by atoms with Crippen molar-refractivity contribution in [1.82, 2.24) is 0 Å². The summed E-state index contributed by atoms with van der Waals surface area (Å²) in [4.78, 5) is 0. The highest BCUT2D eigenvalue weighted by molar-refractivity contribution is 5.35. The third-order valence-electron chi connectivity index (χ3n) is 3.63. The lowest BCUT2D eigenvalue weighted by Gasteiger charge is -2.20. The molecule has 0 aliphatic heterocycles. The van der Waals surface area contributed by atoms with E-state index in [1.165, 1.54) is 24.0 Å². The molecule has 1 fully saturated rings.